The fourth-order valence-corrected chi connectivity index (χ4v) is 1.76. The Morgan fingerprint density at radius 2 is 2.05 bits per heavy atom. The van der Waals surface area contributed by atoms with Crippen molar-refractivity contribution < 1.29 is 9.53 Å². The van der Waals surface area contributed by atoms with E-state index in [1.54, 1.807) is 0 Å². The van der Waals surface area contributed by atoms with Gasteiger partial charge in [0.05, 0.1) is 0 Å². The SMILES string of the molecule is Cc1ccc(OCC(=O)NCC(N)C2CC2)cc1.Cl. The molecule has 1 amide bonds. The number of hydrogen-bond acceptors (Lipinski definition) is 3. The third-order valence-corrected chi connectivity index (χ3v) is 3.15. The number of carbonyl (C=O) groups excluding carboxylic acids is 1. The van der Waals surface area contributed by atoms with Crippen molar-refractivity contribution in [3.63, 3.8) is 0 Å². The van der Waals surface area contributed by atoms with E-state index in [9.17, 15) is 4.79 Å². The van der Waals surface area contributed by atoms with Crippen molar-refractivity contribution in [3.05, 3.63) is 29.8 Å². The summed E-state index contributed by atoms with van der Waals surface area (Å²) in [4.78, 5) is 11.5. The quantitative estimate of drug-likeness (QED) is 0.835. The van der Waals surface area contributed by atoms with Crippen molar-refractivity contribution >= 4 is 18.3 Å². The van der Waals surface area contributed by atoms with E-state index in [2.05, 4.69) is 5.32 Å². The predicted octanol–water partition coefficient (Wildman–Crippen LogP) is 1.65. The maximum Gasteiger partial charge on any atom is 0.257 e. The summed E-state index contributed by atoms with van der Waals surface area (Å²) in [6, 6.07) is 7.72. The third kappa shape index (κ3) is 5.49. The Kier molecular flexibility index (Phi) is 6.12. The van der Waals surface area contributed by atoms with Gasteiger partial charge >= 0.3 is 0 Å². The van der Waals surface area contributed by atoms with Gasteiger partial charge in [-0.3, -0.25) is 4.79 Å². The molecule has 1 unspecified atom stereocenters. The predicted molar refractivity (Wildman–Crippen MR) is 77.6 cm³/mol. The average molecular weight is 285 g/mol. The Hall–Kier alpha value is -1.26. The lowest BCUT2D eigenvalue weighted by Crippen LogP contribution is -2.40. The fraction of sp³-hybridized carbons (Fsp3) is 0.500. The Morgan fingerprint density at radius 3 is 2.63 bits per heavy atom. The van der Waals surface area contributed by atoms with Gasteiger partial charge in [0.15, 0.2) is 6.61 Å². The number of benzene rings is 1. The minimum absolute atomic E-state index is 0. The molecule has 1 aliphatic carbocycles. The number of rotatable bonds is 6. The maximum atomic E-state index is 11.5. The lowest BCUT2D eigenvalue weighted by Gasteiger charge is -2.12. The van der Waals surface area contributed by atoms with Crippen molar-refractivity contribution in [2.75, 3.05) is 13.2 Å². The molecule has 1 atom stereocenters. The van der Waals surface area contributed by atoms with Crippen LogP contribution in [0.3, 0.4) is 0 Å². The molecule has 1 aromatic carbocycles. The van der Waals surface area contributed by atoms with Gasteiger partial charge in [0.1, 0.15) is 5.75 Å². The molecule has 0 aliphatic heterocycles. The zero-order chi connectivity index (χ0) is 13.0. The topological polar surface area (TPSA) is 64.3 Å². The van der Waals surface area contributed by atoms with Crippen LogP contribution in [0, 0.1) is 12.8 Å². The average Bonchev–Trinajstić information content (AvgIpc) is 3.19. The largest absolute Gasteiger partial charge is 0.484 e. The van der Waals surface area contributed by atoms with Crippen molar-refractivity contribution in [3.8, 4) is 5.75 Å². The van der Waals surface area contributed by atoms with Gasteiger partial charge in [-0.1, -0.05) is 17.7 Å². The second kappa shape index (κ2) is 7.36. The summed E-state index contributed by atoms with van der Waals surface area (Å²) in [7, 11) is 0. The lowest BCUT2D eigenvalue weighted by atomic mass is 10.2. The molecule has 106 valence electrons. The summed E-state index contributed by atoms with van der Waals surface area (Å²) >= 11 is 0. The van der Waals surface area contributed by atoms with Crippen LogP contribution < -0.4 is 15.8 Å². The molecule has 4 nitrogen and oxygen atoms in total. The second-order valence-electron chi connectivity index (χ2n) is 4.91. The zero-order valence-electron chi connectivity index (χ0n) is 11.1. The number of hydrogen-bond donors (Lipinski definition) is 2. The first-order valence-electron chi connectivity index (χ1n) is 6.37. The molecular formula is C14H21ClN2O2. The number of aryl methyl sites for hydroxylation is 1. The van der Waals surface area contributed by atoms with Gasteiger partial charge in [-0.2, -0.15) is 0 Å². The van der Waals surface area contributed by atoms with E-state index < -0.39 is 0 Å². The highest BCUT2D eigenvalue weighted by Crippen LogP contribution is 2.31. The van der Waals surface area contributed by atoms with Gasteiger partial charge in [-0.25, -0.2) is 0 Å². The van der Waals surface area contributed by atoms with E-state index in [0.29, 0.717) is 18.2 Å². The van der Waals surface area contributed by atoms with Gasteiger partial charge < -0.3 is 15.8 Å². The Bertz CT molecular complexity index is 404. The Labute approximate surface area is 120 Å². The Balaban J connectivity index is 0.00000180. The molecule has 0 bridgehead atoms. The fourth-order valence-electron chi connectivity index (χ4n) is 1.76. The summed E-state index contributed by atoms with van der Waals surface area (Å²) in [5, 5.41) is 2.80. The zero-order valence-corrected chi connectivity index (χ0v) is 11.9. The highest BCUT2D eigenvalue weighted by molar-refractivity contribution is 5.85. The number of nitrogens with two attached hydrogens (primary N) is 1. The summed E-state index contributed by atoms with van der Waals surface area (Å²) in [5.41, 5.74) is 7.06. The van der Waals surface area contributed by atoms with Crippen molar-refractivity contribution in [2.45, 2.75) is 25.8 Å². The third-order valence-electron chi connectivity index (χ3n) is 3.15. The molecule has 0 aromatic heterocycles. The van der Waals surface area contributed by atoms with E-state index in [1.165, 1.54) is 18.4 Å². The van der Waals surface area contributed by atoms with E-state index in [0.717, 1.165) is 0 Å². The normalized spacial score (nSPS) is 15.3. The summed E-state index contributed by atoms with van der Waals surface area (Å²) in [5.74, 6) is 1.19. The first-order valence-corrected chi connectivity index (χ1v) is 6.37. The standard InChI is InChI=1S/C14H20N2O2.ClH/c1-10-2-6-12(7-3-10)18-9-14(17)16-8-13(15)11-4-5-11;/h2-3,6-7,11,13H,4-5,8-9,15H2,1H3,(H,16,17);1H. The molecule has 0 radical (unpaired) electrons. The minimum Gasteiger partial charge on any atom is -0.484 e. The molecule has 19 heavy (non-hydrogen) atoms. The van der Waals surface area contributed by atoms with Crippen LogP contribution in [0.1, 0.15) is 18.4 Å². The van der Waals surface area contributed by atoms with Crippen LogP contribution in [-0.2, 0) is 4.79 Å². The molecule has 1 aromatic rings. The highest BCUT2D eigenvalue weighted by Gasteiger charge is 2.28. The molecule has 1 aliphatic rings. The highest BCUT2D eigenvalue weighted by atomic mass is 35.5. The van der Waals surface area contributed by atoms with E-state index in [4.69, 9.17) is 10.5 Å². The molecule has 3 N–H and O–H groups in total. The van der Waals surface area contributed by atoms with Crippen LogP contribution in [0.25, 0.3) is 0 Å². The van der Waals surface area contributed by atoms with E-state index in [-0.39, 0.29) is 31.0 Å². The van der Waals surface area contributed by atoms with Crippen LogP contribution in [0.5, 0.6) is 5.75 Å². The lowest BCUT2D eigenvalue weighted by molar-refractivity contribution is -0.123. The number of carbonyl (C=O) groups is 1. The Morgan fingerprint density at radius 1 is 1.42 bits per heavy atom. The number of amides is 1. The van der Waals surface area contributed by atoms with Crippen molar-refractivity contribution in [2.24, 2.45) is 11.7 Å². The van der Waals surface area contributed by atoms with Gasteiger partial charge in [0.25, 0.3) is 5.91 Å². The molecule has 0 saturated heterocycles. The van der Waals surface area contributed by atoms with Crippen LogP contribution in [-0.4, -0.2) is 25.1 Å². The molecule has 2 rings (SSSR count). The van der Waals surface area contributed by atoms with Crippen molar-refractivity contribution in [1.82, 2.24) is 5.32 Å². The second-order valence-corrected chi connectivity index (χ2v) is 4.91. The maximum absolute atomic E-state index is 11.5. The number of ether oxygens (including phenoxy) is 1. The van der Waals surface area contributed by atoms with Gasteiger partial charge in [0, 0.05) is 12.6 Å². The first-order chi connectivity index (χ1) is 8.65. The first kappa shape index (κ1) is 15.8. The summed E-state index contributed by atoms with van der Waals surface area (Å²) in [6.45, 7) is 2.59. The van der Waals surface area contributed by atoms with E-state index in [1.807, 2.05) is 31.2 Å². The van der Waals surface area contributed by atoms with Gasteiger partial charge in [0.2, 0.25) is 0 Å². The molecule has 1 saturated carbocycles. The van der Waals surface area contributed by atoms with Gasteiger partial charge in [-0.15, -0.1) is 12.4 Å². The van der Waals surface area contributed by atoms with Crippen LogP contribution in [0.4, 0.5) is 0 Å². The summed E-state index contributed by atoms with van der Waals surface area (Å²) in [6.07, 6.45) is 2.38. The monoisotopic (exact) mass is 284 g/mol. The van der Waals surface area contributed by atoms with Gasteiger partial charge in [-0.05, 0) is 37.8 Å². The van der Waals surface area contributed by atoms with Crippen LogP contribution in [0.2, 0.25) is 0 Å². The molecule has 1 fully saturated rings. The number of nitrogens with one attached hydrogen (secondary N) is 1. The van der Waals surface area contributed by atoms with Crippen molar-refractivity contribution in [1.29, 1.82) is 0 Å². The van der Waals surface area contributed by atoms with Crippen LogP contribution in [0.15, 0.2) is 24.3 Å². The molecule has 5 heteroatoms. The molecule has 0 heterocycles. The number of halogens is 1. The van der Waals surface area contributed by atoms with E-state index >= 15 is 0 Å². The van der Waals surface area contributed by atoms with Crippen LogP contribution >= 0.6 is 12.4 Å². The minimum atomic E-state index is -0.119. The smallest absolute Gasteiger partial charge is 0.257 e. The summed E-state index contributed by atoms with van der Waals surface area (Å²) < 4.78 is 5.38. The molecule has 0 spiro atoms. The molecular weight excluding hydrogens is 264 g/mol.